The fraction of sp³-hybridized carbons (Fsp3) is 0.793. The van der Waals surface area contributed by atoms with Crippen LogP contribution in [-0.2, 0) is 4.79 Å². The highest BCUT2D eigenvalue weighted by atomic mass is 16.4. The van der Waals surface area contributed by atoms with Gasteiger partial charge in [-0.05, 0) is 32.1 Å². The Morgan fingerprint density at radius 3 is 1.82 bits per heavy atom. The molecule has 0 aliphatic carbocycles. The van der Waals surface area contributed by atoms with Crippen LogP contribution in [0.1, 0.15) is 136 Å². The molecule has 5 heteroatoms. The van der Waals surface area contributed by atoms with E-state index in [0.717, 1.165) is 18.7 Å². The first-order chi connectivity index (χ1) is 16.5. The van der Waals surface area contributed by atoms with Gasteiger partial charge in [-0.2, -0.15) is 0 Å². The normalized spacial score (nSPS) is 18.6. The van der Waals surface area contributed by atoms with Crippen molar-refractivity contribution in [3.63, 3.8) is 0 Å². The number of hydrogen-bond donors (Lipinski definition) is 2. The quantitative estimate of drug-likeness (QED) is 0.0889. The van der Waals surface area contributed by atoms with E-state index in [-0.39, 0.29) is 17.2 Å². The summed E-state index contributed by atoms with van der Waals surface area (Å²) in [6, 6.07) is 0. The van der Waals surface area contributed by atoms with E-state index in [1.807, 2.05) is 13.1 Å². The largest absolute Gasteiger partial charge is 0.477 e. The Morgan fingerprint density at radius 2 is 1.35 bits per heavy atom. The van der Waals surface area contributed by atoms with E-state index in [2.05, 4.69) is 24.1 Å². The molecular weight excluding hydrogens is 422 g/mol. The highest BCUT2D eigenvalue weighted by Gasteiger charge is 2.40. The van der Waals surface area contributed by atoms with Gasteiger partial charge in [0, 0.05) is 13.3 Å². The Morgan fingerprint density at radius 1 is 0.882 bits per heavy atom. The second-order valence-corrected chi connectivity index (χ2v) is 10.2. The lowest BCUT2D eigenvalue weighted by molar-refractivity contribution is -0.805. The molecule has 0 aromatic heterocycles. The molecule has 0 aromatic carbocycles. The summed E-state index contributed by atoms with van der Waals surface area (Å²) in [5, 5.41) is 9.28. The van der Waals surface area contributed by atoms with Crippen LogP contribution in [0, 0.1) is 0 Å². The second kappa shape index (κ2) is 19.8. The molecule has 0 bridgehead atoms. The van der Waals surface area contributed by atoms with Crippen LogP contribution in [-0.4, -0.2) is 34.1 Å². The number of aliphatic imine (C=N–C) groups is 1. The van der Waals surface area contributed by atoms with Crippen molar-refractivity contribution in [3.8, 4) is 0 Å². The molecule has 0 spiro atoms. The monoisotopic (exact) mass is 476 g/mol. The number of nitrogens with two attached hydrogens (primary N) is 1. The van der Waals surface area contributed by atoms with Crippen LogP contribution >= 0.6 is 0 Å². The molecule has 34 heavy (non-hydrogen) atoms. The first kappa shape index (κ1) is 30.6. The number of carbonyl (C=O) groups is 1. The first-order valence-electron chi connectivity index (χ1n) is 14.3. The van der Waals surface area contributed by atoms with Gasteiger partial charge in [-0.1, -0.05) is 103 Å². The summed E-state index contributed by atoms with van der Waals surface area (Å²) in [7, 11) is 0. The van der Waals surface area contributed by atoms with Gasteiger partial charge in [0.2, 0.25) is 5.84 Å². The summed E-state index contributed by atoms with van der Waals surface area (Å²) in [5.41, 5.74) is 6.12. The lowest BCUT2D eigenvalue weighted by Crippen LogP contribution is -2.59. The molecule has 1 rings (SSSR count). The van der Waals surface area contributed by atoms with Gasteiger partial charge in [0.1, 0.15) is 12.4 Å². The number of allylic oxidation sites excluding steroid dienone is 2. The van der Waals surface area contributed by atoms with Crippen LogP contribution in [0.3, 0.4) is 0 Å². The Kier molecular flexibility index (Phi) is 17.8. The van der Waals surface area contributed by atoms with Crippen LogP contribution < -0.4 is 5.73 Å². The topological polar surface area (TPSA) is 75.7 Å². The molecule has 3 N–H and O–H groups in total. The second-order valence-electron chi connectivity index (χ2n) is 10.2. The average molecular weight is 477 g/mol. The highest BCUT2D eigenvalue weighted by molar-refractivity contribution is 5.81. The Bertz CT molecular complexity index is 612. The number of rotatable bonds is 23. The SMILES string of the molecule is CCCCCCC/C=C/CCCCCCCCCCCCCC1=NC=C[N+]1(CC(=O)O)C(C)N. The van der Waals surface area contributed by atoms with Crippen molar-refractivity contribution in [2.24, 2.45) is 10.7 Å². The number of carboxylic acid groups (broad SMARTS) is 1. The molecule has 0 amide bonds. The molecule has 2 atom stereocenters. The molecular formula is C29H54N3O2+. The van der Waals surface area contributed by atoms with Crippen molar-refractivity contribution in [3.05, 3.63) is 24.6 Å². The molecule has 0 aromatic rings. The third kappa shape index (κ3) is 13.4. The van der Waals surface area contributed by atoms with Gasteiger partial charge >= 0.3 is 5.97 Å². The number of unbranched alkanes of at least 4 members (excludes halogenated alkanes) is 16. The Hall–Kier alpha value is -1.46. The number of hydrogen-bond acceptors (Lipinski definition) is 3. The predicted octanol–water partition coefficient (Wildman–Crippen LogP) is 8.06. The summed E-state index contributed by atoms with van der Waals surface area (Å²) in [6.45, 7) is 4.11. The zero-order chi connectivity index (χ0) is 24.9. The van der Waals surface area contributed by atoms with E-state index in [4.69, 9.17) is 5.73 Å². The van der Waals surface area contributed by atoms with Crippen molar-refractivity contribution < 1.29 is 14.4 Å². The summed E-state index contributed by atoms with van der Waals surface area (Å²) in [5.74, 6) is 0.0622. The van der Waals surface area contributed by atoms with Gasteiger partial charge in [0.15, 0.2) is 6.54 Å². The fourth-order valence-electron chi connectivity index (χ4n) is 4.82. The van der Waals surface area contributed by atoms with Crippen molar-refractivity contribution in [1.82, 2.24) is 0 Å². The van der Waals surface area contributed by atoms with Crippen LogP contribution in [0.5, 0.6) is 0 Å². The predicted molar refractivity (Wildman–Crippen MR) is 146 cm³/mol. The minimum absolute atomic E-state index is 0.0249. The number of nitrogens with zero attached hydrogens (tertiary/aromatic N) is 2. The van der Waals surface area contributed by atoms with Gasteiger partial charge in [0.25, 0.3) is 0 Å². The molecule has 1 heterocycles. The zero-order valence-electron chi connectivity index (χ0n) is 22.4. The number of quaternary nitrogens is 1. The lowest BCUT2D eigenvalue weighted by Gasteiger charge is -2.34. The number of amidine groups is 1. The zero-order valence-corrected chi connectivity index (χ0v) is 22.4. The van der Waals surface area contributed by atoms with Gasteiger partial charge in [-0.25, -0.2) is 14.3 Å². The summed E-state index contributed by atoms with van der Waals surface area (Å²) in [4.78, 5) is 15.8. The van der Waals surface area contributed by atoms with Crippen molar-refractivity contribution in [2.75, 3.05) is 6.54 Å². The van der Waals surface area contributed by atoms with Crippen LogP contribution in [0.4, 0.5) is 0 Å². The average Bonchev–Trinajstić information content (AvgIpc) is 3.20. The number of aliphatic carboxylic acids is 1. The van der Waals surface area contributed by atoms with Crippen LogP contribution in [0.25, 0.3) is 0 Å². The summed E-state index contributed by atoms with van der Waals surface area (Å²) in [6.07, 6.45) is 32.7. The van der Waals surface area contributed by atoms with Gasteiger partial charge < -0.3 is 5.11 Å². The number of carboxylic acids is 1. The fourth-order valence-corrected chi connectivity index (χ4v) is 4.82. The third-order valence-electron chi connectivity index (χ3n) is 7.07. The van der Waals surface area contributed by atoms with Crippen molar-refractivity contribution in [2.45, 2.75) is 142 Å². The molecule has 0 saturated heterocycles. The smallest absolute Gasteiger partial charge is 0.360 e. The van der Waals surface area contributed by atoms with Gasteiger partial charge in [-0.3, -0.25) is 5.73 Å². The maximum atomic E-state index is 11.3. The van der Waals surface area contributed by atoms with Gasteiger partial charge in [0.05, 0.1) is 6.20 Å². The molecule has 1 aliphatic heterocycles. The highest BCUT2D eigenvalue weighted by Crippen LogP contribution is 2.23. The maximum absolute atomic E-state index is 11.3. The molecule has 0 saturated carbocycles. The van der Waals surface area contributed by atoms with Crippen LogP contribution in [0.15, 0.2) is 29.5 Å². The summed E-state index contributed by atoms with van der Waals surface area (Å²) < 4.78 is 0.171. The molecule has 2 unspecified atom stereocenters. The van der Waals surface area contributed by atoms with Crippen molar-refractivity contribution in [1.29, 1.82) is 0 Å². The van der Waals surface area contributed by atoms with E-state index >= 15 is 0 Å². The van der Waals surface area contributed by atoms with E-state index in [0.29, 0.717) is 0 Å². The Balaban J connectivity index is 1.91. The molecule has 1 aliphatic rings. The van der Waals surface area contributed by atoms with E-state index < -0.39 is 5.97 Å². The minimum Gasteiger partial charge on any atom is -0.477 e. The molecule has 0 radical (unpaired) electrons. The van der Waals surface area contributed by atoms with E-state index in [1.165, 1.54) is 109 Å². The summed E-state index contributed by atoms with van der Waals surface area (Å²) >= 11 is 0. The molecule has 0 fully saturated rings. The molecule has 5 nitrogen and oxygen atoms in total. The minimum atomic E-state index is -0.836. The first-order valence-corrected chi connectivity index (χ1v) is 14.3. The van der Waals surface area contributed by atoms with Gasteiger partial charge in [-0.15, -0.1) is 0 Å². The van der Waals surface area contributed by atoms with Crippen LogP contribution in [0.2, 0.25) is 0 Å². The van der Waals surface area contributed by atoms with E-state index in [9.17, 15) is 9.90 Å². The maximum Gasteiger partial charge on any atom is 0.360 e. The molecule has 196 valence electrons. The van der Waals surface area contributed by atoms with Crippen molar-refractivity contribution >= 4 is 11.8 Å². The standard InChI is InChI=1S/C29H53N3O2/c1-3-4-5-6-7-8-9-10-11-12-13-14-15-16-17-18-19-20-21-22-23-28-31-24-25-32(28,27(2)30)26-29(33)34/h9-10,24-25,27H,3-8,11-23,26,30H2,1-2H3/p+1/b10-9+. The Labute approximate surface area is 210 Å². The van der Waals surface area contributed by atoms with E-state index in [1.54, 1.807) is 6.20 Å². The third-order valence-corrected chi connectivity index (χ3v) is 7.07. The lowest BCUT2D eigenvalue weighted by atomic mass is 10.0.